The molecule has 0 rings (SSSR count). The Balaban J connectivity index is -0.000000000178. The molecule has 0 unspecified atom stereocenters. The van der Waals surface area contributed by atoms with Gasteiger partial charge in [-0.1, -0.05) is 0 Å². The minimum absolute atomic E-state index is 0. The zero-order chi connectivity index (χ0) is 6.83. The summed E-state index contributed by atoms with van der Waals surface area (Å²) < 4.78 is 0. The molecule has 0 aliphatic rings. The Morgan fingerprint density at radius 2 is 0.118 bits per heavy atom. The molecule has 51 heavy (non-hydrogen) atoms. The topological polar surface area (TPSA) is 1610 Å². The van der Waals surface area contributed by atoms with Gasteiger partial charge in [-0.2, -0.15) is 0 Å². The van der Waals surface area contributed by atoms with Gasteiger partial charge in [0.25, 0.3) is 0 Å². The van der Waals surface area contributed by atoms with Crippen molar-refractivity contribution in [3.63, 3.8) is 0 Å². The van der Waals surface area contributed by atoms with Crippen molar-refractivity contribution < 1.29 is 0 Å². The molecular formula is C4H145N47. The zero-order valence-corrected chi connectivity index (χ0v) is 35.5. The molecule has 0 aliphatic carbocycles. The summed E-state index contributed by atoms with van der Waals surface area (Å²) in [5.74, 6) is 0. The molecule has 0 atom stereocenters. The van der Waals surface area contributed by atoms with E-state index >= 15 is 0 Å². The van der Waals surface area contributed by atoms with Gasteiger partial charge in [-0.25, -0.2) is 0 Å². The van der Waals surface area contributed by atoms with Crippen molar-refractivity contribution >= 4 is 0 Å². The Morgan fingerprint density at radius 3 is 0.118 bits per heavy atom. The predicted molar refractivity (Wildman–Crippen MR) is 252 cm³/mol. The highest BCUT2D eigenvalue weighted by atomic mass is 14.6. The molecule has 0 saturated carbocycles. The van der Waals surface area contributed by atoms with Gasteiger partial charge in [-0.05, 0) is 0 Å². The smallest absolute Gasteiger partial charge is 0.00461 e. The molecule has 0 aliphatic heterocycles. The van der Waals surface area contributed by atoms with Crippen LogP contribution < -0.4 is 287 Å². The minimum atomic E-state index is 0. The first kappa shape index (κ1) is 6700. The number of hydrogen-bond acceptors (Lipinski definition) is 47. The number of nitrogens with two attached hydrogens (primary N) is 4. The van der Waals surface area contributed by atoms with Crippen LogP contribution in [0.4, 0.5) is 0 Å². The molecule has 0 spiro atoms. The van der Waals surface area contributed by atoms with Gasteiger partial charge < -0.3 is 287 Å². The summed E-state index contributed by atoms with van der Waals surface area (Å²) in [7, 11) is 0. The van der Waals surface area contributed by atoms with Crippen molar-refractivity contribution in [3.05, 3.63) is 0 Å². The van der Waals surface area contributed by atoms with Crippen molar-refractivity contribution in [2.45, 2.75) is 0 Å². The summed E-state index contributed by atoms with van der Waals surface area (Å²) >= 11 is 0. The summed E-state index contributed by atoms with van der Waals surface area (Å²) in [5.41, 5.74) is 19.6. The van der Waals surface area contributed by atoms with E-state index in [0.29, 0.717) is 26.2 Å². The van der Waals surface area contributed by atoms with Gasteiger partial charge in [-0.3, -0.25) is 0 Å². The largest absolute Gasteiger partial charge is 0.344 e. The molecule has 137 N–H and O–H groups in total. The first-order valence-corrected chi connectivity index (χ1v) is 2.63. The Bertz CT molecular complexity index is 28.2. The Kier molecular flexibility index (Phi) is 3120000. The molecule has 0 radical (unpaired) electrons. The van der Waals surface area contributed by atoms with Gasteiger partial charge >= 0.3 is 0 Å². The van der Waals surface area contributed by atoms with Crippen LogP contribution in [0.3, 0.4) is 0 Å². The van der Waals surface area contributed by atoms with Crippen molar-refractivity contribution in [3.8, 4) is 0 Å². The van der Waals surface area contributed by atoms with Gasteiger partial charge in [0.2, 0.25) is 0 Å². The van der Waals surface area contributed by atoms with E-state index in [4.69, 9.17) is 22.9 Å². The van der Waals surface area contributed by atoms with Crippen LogP contribution in [0.1, 0.15) is 0 Å². The molecule has 47 nitrogen and oxygen atoms in total. The summed E-state index contributed by atoms with van der Waals surface area (Å²) in [4.78, 5) is 0. The normalized spacial score (nSPS) is 1.18. The highest BCUT2D eigenvalue weighted by Gasteiger charge is 1.54. The van der Waals surface area contributed by atoms with E-state index in [9.17, 15) is 0 Å². The van der Waals surface area contributed by atoms with Gasteiger partial charge in [0, 0.05) is 26.2 Å². The molecular weight excluding hydrogens is 706 g/mol. The third kappa shape index (κ3) is 7110000. The van der Waals surface area contributed by atoms with Crippen LogP contribution in [-0.2, 0) is 0 Å². The van der Waals surface area contributed by atoms with Crippen molar-refractivity contribution in [2.75, 3.05) is 26.2 Å². The SMILES string of the molecule is N.N.N.N.N.N.N.N.N.N.N.N.N.N.N.N.N.N.N.N.N.N.N.N.N.N.N.N.N.N.N.N.N.N.N.N.N.N.N.N.N.N.N.NCCN.NCCN. The monoisotopic (exact) mass is 852 g/mol. The fraction of sp³-hybridized carbons (Fsp3) is 1.00. The van der Waals surface area contributed by atoms with E-state index in [1.165, 1.54) is 0 Å². The van der Waals surface area contributed by atoms with E-state index in [0.717, 1.165) is 0 Å². The molecule has 0 bridgehead atoms. The molecule has 0 fully saturated rings. The van der Waals surface area contributed by atoms with Crippen molar-refractivity contribution in [2.24, 2.45) is 22.9 Å². The highest BCUT2D eigenvalue weighted by Crippen LogP contribution is 1.24. The second-order valence-corrected chi connectivity index (χ2v) is 1.15. The Morgan fingerprint density at radius 1 is 0.0980 bits per heavy atom. The number of rotatable bonds is 2. The molecule has 0 amide bonds. The summed E-state index contributed by atoms with van der Waals surface area (Å²) in [6.45, 7) is 2.39. The second-order valence-electron chi connectivity index (χ2n) is 1.15. The summed E-state index contributed by atoms with van der Waals surface area (Å²) in [6.07, 6.45) is 0. The lowest BCUT2D eigenvalue weighted by atomic mass is 10.7. The molecule has 0 aromatic carbocycles. The lowest BCUT2D eigenvalue weighted by Crippen LogP contribution is -2.11. The maximum Gasteiger partial charge on any atom is 0.00461 e. The van der Waals surface area contributed by atoms with Crippen LogP contribution in [0.25, 0.3) is 0 Å². The van der Waals surface area contributed by atoms with Crippen LogP contribution >= 0.6 is 0 Å². The Labute approximate surface area is 314 Å². The van der Waals surface area contributed by atoms with Crippen LogP contribution in [-0.4, -0.2) is 26.2 Å². The predicted octanol–water partition coefficient (Wildman–Crippen LogP) is 4.77. The molecule has 396 valence electrons. The minimum Gasteiger partial charge on any atom is -0.344 e. The fourth-order valence-electron chi connectivity index (χ4n) is 0. The van der Waals surface area contributed by atoms with E-state index in [1.54, 1.807) is 0 Å². The first-order valence-electron chi connectivity index (χ1n) is 2.63. The average molecular weight is 853 g/mol. The molecule has 0 saturated heterocycles. The molecule has 47 heteroatoms. The number of hydrogen-bond donors (Lipinski definition) is 47. The van der Waals surface area contributed by atoms with E-state index in [2.05, 4.69) is 0 Å². The van der Waals surface area contributed by atoms with Crippen LogP contribution in [0.15, 0.2) is 0 Å². The third-order valence-electron chi connectivity index (χ3n) is 0.333. The van der Waals surface area contributed by atoms with Crippen molar-refractivity contribution in [1.82, 2.24) is 264 Å². The molecule has 0 aromatic heterocycles. The van der Waals surface area contributed by atoms with Crippen LogP contribution in [0, 0.1) is 0 Å². The molecule has 0 heterocycles. The first-order chi connectivity index (χ1) is 3.83. The van der Waals surface area contributed by atoms with E-state index < -0.39 is 0 Å². The van der Waals surface area contributed by atoms with Gasteiger partial charge in [-0.15, -0.1) is 0 Å². The van der Waals surface area contributed by atoms with Crippen molar-refractivity contribution in [1.29, 1.82) is 0 Å². The maximum absolute atomic E-state index is 4.90. The maximum atomic E-state index is 4.90. The van der Waals surface area contributed by atoms with Crippen LogP contribution in [0.2, 0.25) is 0 Å². The van der Waals surface area contributed by atoms with E-state index in [-0.39, 0.29) is 264 Å². The van der Waals surface area contributed by atoms with Gasteiger partial charge in [0.15, 0.2) is 0 Å². The second kappa shape index (κ2) is 23800. The zero-order valence-electron chi connectivity index (χ0n) is 35.5. The lowest BCUT2D eigenvalue weighted by Gasteiger charge is -1.72. The Hall–Kier alpha value is -1.88. The summed E-state index contributed by atoms with van der Waals surface area (Å²) in [5, 5.41) is 0. The standard InChI is InChI=1S/2C2H8N2.43H3N/c2*3-1-2-4;;;;;;;;;;;;;;;;;;;;;;;;;;;;;;;;;;;;;;;;;;;/h2*1-4H2;43*1H3. The fourth-order valence-corrected chi connectivity index (χ4v) is 0. The van der Waals surface area contributed by atoms with Gasteiger partial charge in [0.1, 0.15) is 0 Å². The highest BCUT2D eigenvalue weighted by molar-refractivity contribution is 4.26. The lowest BCUT2D eigenvalue weighted by molar-refractivity contribution is 0.976. The average Bonchev–Trinajstić information content (AvgIpc) is 1.88. The van der Waals surface area contributed by atoms with Crippen LogP contribution in [0.5, 0.6) is 0 Å². The van der Waals surface area contributed by atoms with Gasteiger partial charge in [0.05, 0.1) is 0 Å². The third-order valence-corrected chi connectivity index (χ3v) is 0.333. The summed E-state index contributed by atoms with van der Waals surface area (Å²) in [6, 6.07) is 0. The quantitative estimate of drug-likeness (QED) is 0.178. The molecule has 0 aromatic rings. The van der Waals surface area contributed by atoms with E-state index in [1.807, 2.05) is 0 Å².